The monoisotopic (exact) mass is 342 g/mol. The molecule has 0 aliphatic rings. The van der Waals surface area contributed by atoms with Crippen molar-refractivity contribution in [2.24, 2.45) is 0 Å². The van der Waals surface area contributed by atoms with Crippen molar-refractivity contribution in [3.8, 4) is 11.5 Å². The largest absolute Gasteiger partial charge is 0.494 e. The molecule has 0 spiro atoms. The van der Waals surface area contributed by atoms with Crippen LogP contribution in [0.3, 0.4) is 0 Å². The Labute approximate surface area is 147 Å². The number of carbonyl (C=O) groups is 2. The van der Waals surface area contributed by atoms with E-state index >= 15 is 0 Å². The molecule has 0 unspecified atom stereocenters. The van der Waals surface area contributed by atoms with Crippen LogP contribution in [0.2, 0.25) is 0 Å². The third-order valence-electron chi connectivity index (χ3n) is 3.29. The Morgan fingerprint density at radius 1 is 0.840 bits per heavy atom. The molecule has 2 aromatic rings. The quantitative estimate of drug-likeness (QED) is 0.537. The van der Waals surface area contributed by atoms with Gasteiger partial charge in [-0.1, -0.05) is 0 Å². The first kappa shape index (κ1) is 18.5. The van der Waals surface area contributed by atoms with Gasteiger partial charge < -0.3 is 14.2 Å². The van der Waals surface area contributed by atoms with Gasteiger partial charge in [0.05, 0.1) is 18.3 Å². The van der Waals surface area contributed by atoms with Gasteiger partial charge in [0.15, 0.2) is 12.4 Å². The van der Waals surface area contributed by atoms with E-state index in [1.165, 1.54) is 0 Å². The van der Waals surface area contributed by atoms with Crippen LogP contribution < -0.4 is 9.47 Å². The number of hydrogen-bond acceptors (Lipinski definition) is 5. The van der Waals surface area contributed by atoms with E-state index in [-0.39, 0.29) is 24.5 Å². The Bertz CT molecular complexity index is 702. The molecule has 0 amide bonds. The second-order valence-electron chi connectivity index (χ2n) is 5.65. The first-order valence-corrected chi connectivity index (χ1v) is 8.19. The fourth-order valence-electron chi connectivity index (χ4n) is 2.11. The average Bonchev–Trinajstić information content (AvgIpc) is 2.60. The first-order chi connectivity index (χ1) is 12.0. The summed E-state index contributed by atoms with van der Waals surface area (Å²) in [6, 6.07) is 13.4. The highest BCUT2D eigenvalue weighted by Crippen LogP contribution is 2.16. The predicted octanol–water partition coefficient (Wildman–Crippen LogP) is 3.91. The van der Waals surface area contributed by atoms with Gasteiger partial charge in [-0.05, 0) is 69.3 Å². The smallest absolute Gasteiger partial charge is 0.338 e. The standard InChI is InChI=1S/C20H22O5/c1-4-23-17-9-5-15(6-10-17)19(21)13-24-18-11-7-16(8-12-18)20(22)25-14(2)3/h5-12,14H,4,13H2,1-3H3. The minimum absolute atomic E-state index is 0.0796. The number of carbonyl (C=O) groups excluding carboxylic acids is 2. The van der Waals surface area contributed by atoms with E-state index in [9.17, 15) is 9.59 Å². The van der Waals surface area contributed by atoms with Crippen molar-refractivity contribution >= 4 is 11.8 Å². The zero-order chi connectivity index (χ0) is 18.2. The third-order valence-corrected chi connectivity index (χ3v) is 3.29. The summed E-state index contributed by atoms with van der Waals surface area (Å²) < 4.78 is 15.9. The highest BCUT2D eigenvalue weighted by atomic mass is 16.5. The van der Waals surface area contributed by atoms with Crippen LogP contribution in [0.25, 0.3) is 0 Å². The van der Waals surface area contributed by atoms with Gasteiger partial charge >= 0.3 is 5.97 Å². The lowest BCUT2D eigenvalue weighted by molar-refractivity contribution is 0.0377. The van der Waals surface area contributed by atoms with Crippen LogP contribution in [-0.2, 0) is 4.74 Å². The van der Waals surface area contributed by atoms with Crippen molar-refractivity contribution in [2.45, 2.75) is 26.9 Å². The molecule has 5 heteroatoms. The number of benzene rings is 2. The van der Waals surface area contributed by atoms with Gasteiger partial charge in [-0.15, -0.1) is 0 Å². The summed E-state index contributed by atoms with van der Waals surface area (Å²) in [5.41, 5.74) is 1.000. The fraction of sp³-hybridized carbons (Fsp3) is 0.300. The van der Waals surface area contributed by atoms with Crippen LogP contribution >= 0.6 is 0 Å². The Morgan fingerprint density at radius 2 is 1.36 bits per heavy atom. The van der Waals surface area contributed by atoms with Gasteiger partial charge in [-0.2, -0.15) is 0 Å². The van der Waals surface area contributed by atoms with Crippen molar-refractivity contribution in [1.82, 2.24) is 0 Å². The number of rotatable bonds is 8. The lowest BCUT2D eigenvalue weighted by Gasteiger charge is -2.09. The van der Waals surface area contributed by atoms with E-state index in [2.05, 4.69) is 0 Å². The molecule has 0 atom stereocenters. The zero-order valence-corrected chi connectivity index (χ0v) is 14.7. The average molecular weight is 342 g/mol. The van der Waals surface area contributed by atoms with Gasteiger partial charge in [0.25, 0.3) is 0 Å². The molecule has 0 aliphatic heterocycles. The molecule has 0 aromatic heterocycles. The predicted molar refractivity (Wildman–Crippen MR) is 94.4 cm³/mol. The molecule has 2 rings (SSSR count). The summed E-state index contributed by atoms with van der Waals surface area (Å²) in [5.74, 6) is 0.725. The molecule has 2 aromatic carbocycles. The van der Waals surface area contributed by atoms with Crippen molar-refractivity contribution in [3.63, 3.8) is 0 Å². The van der Waals surface area contributed by atoms with Crippen molar-refractivity contribution in [3.05, 3.63) is 59.7 Å². The molecule has 0 fully saturated rings. The second kappa shape index (κ2) is 8.87. The summed E-state index contributed by atoms with van der Waals surface area (Å²) in [6.45, 7) is 5.99. The molecule has 0 saturated carbocycles. The zero-order valence-electron chi connectivity index (χ0n) is 14.7. The molecule has 132 valence electrons. The van der Waals surface area contributed by atoms with Gasteiger partial charge in [0, 0.05) is 5.56 Å². The highest BCUT2D eigenvalue weighted by Gasteiger charge is 2.10. The van der Waals surface area contributed by atoms with Gasteiger partial charge in [-0.25, -0.2) is 4.79 Å². The van der Waals surface area contributed by atoms with Crippen LogP contribution in [0.1, 0.15) is 41.5 Å². The Kier molecular flexibility index (Phi) is 6.57. The summed E-state index contributed by atoms with van der Waals surface area (Å²) in [5, 5.41) is 0. The van der Waals surface area contributed by atoms with E-state index in [1.54, 1.807) is 62.4 Å². The molecule has 0 radical (unpaired) electrons. The molecule has 5 nitrogen and oxygen atoms in total. The van der Waals surface area contributed by atoms with Crippen molar-refractivity contribution in [2.75, 3.05) is 13.2 Å². The highest BCUT2D eigenvalue weighted by molar-refractivity contribution is 5.97. The minimum Gasteiger partial charge on any atom is -0.494 e. The van der Waals surface area contributed by atoms with Crippen LogP contribution in [0.4, 0.5) is 0 Å². The number of hydrogen-bond donors (Lipinski definition) is 0. The Morgan fingerprint density at radius 3 is 1.88 bits per heavy atom. The number of Topliss-reactive ketones (excluding diaryl/α,β-unsaturated/α-hetero) is 1. The lowest BCUT2D eigenvalue weighted by atomic mass is 10.1. The lowest BCUT2D eigenvalue weighted by Crippen LogP contribution is -2.12. The molecular weight excluding hydrogens is 320 g/mol. The molecule has 0 bridgehead atoms. The number of ether oxygens (including phenoxy) is 3. The summed E-state index contributed by atoms with van der Waals surface area (Å²) in [7, 11) is 0. The maximum absolute atomic E-state index is 12.1. The fourth-order valence-corrected chi connectivity index (χ4v) is 2.11. The minimum atomic E-state index is -0.382. The van der Waals surface area contributed by atoms with E-state index in [0.29, 0.717) is 23.5 Å². The summed E-state index contributed by atoms with van der Waals surface area (Å²) in [4.78, 5) is 23.9. The molecular formula is C20H22O5. The van der Waals surface area contributed by atoms with E-state index < -0.39 is 0 Å². The van der Waals surface area contributed by atoms with E-state index in [4.69, 9.17) is 14.2 Å². The third kappa shape index (κ3) is 5.64. The summed E-state index contributed by atoms with van der Waals surface area (Å²) in [6.07, 6.45) is -0.171. The number of ketones is 1. The van der Waals surface area contributed by atoms with Crippen LogP contribution in [0.5, 0.6) is 11.5 Å². The topological polar surface area (TPSA) is 61.8 Å². The molecule has 25 heavy (non-hydrogen) atoms. The second-order valence-corrected chi connectivity index (χ2v) is 5.65. The Hall–Kier alpha value is -2.82. The molecule has 0 aliphatic carbocycles. The van der Waals surface area contributed by atoms with E-state index in [1.807, 2.05) is 6.92 Å². The van der Waals surface area contributed by atoms with Crippen molar-refractivity contribution < 1.29 is 23.8 Å². The molecule has 0 N–H and O–H groups in total. The normalized spacial score (nSPS) is 10.4. The molecule has 0 saturated heterocycles. The van der Waals surface area contributed by atoms with Crippen LogP contribution in [0, 0.1) is 0 Å². The van der Waals surface area contributed by atoms with Crippen LogP contribution in [0.15, 0.2) is 48.5 Å². The maximum atomic E-state index is 12.1. The van der Waals surface area contributed by atoms with Gasteiger partial charge in [0.2, 0.25) is 0 Å². The number of esters is 1. The SMILES string of the molecule is CCOc1ccc(C(=O)COc2ccc(C(=O)OC(C)C)cc2)cc1. The van der Waals surface area contributed by atoms with Gasteiger partial charge in [-0.3, -0.25) is 4.79 Å². The van der Waals surface area contributed by atoms with Crippen molar-refractivity contribution in [1.29, 1.82) is 0 Å². The van der Waals surface area contributed by atoms with E-state index in [0.717, 1.165) is 5.75 Å². The first-order valence-electron chi connectivity index (χ1n) is 8.19. The van der Waals surface area contributed by atoms with Crippen LogP contribution in [-0.4, -0.2) is 31.1 Å². The van der Waals surface area contributed by atoms with Gasteiger partial charge in [0.1, 0.15) is 11.5 Å². The molecule has 0 heterocycles. The summed E-state index contributed by atoms with van der Waals surface area (Å²) >= 11 is 0. The maximum Gasteiger partial charge on any atom is 0.338 e. The Balaban J connectivity index is 1.90.